The van der Waals surface area contributed by atoms with Gasteiger partial charge in [-0.1, -0.05) is 11.6 Å². The van der Waals surface area contributed by atoms with Gasteiger partial charge >= 0.3 is 0 Å². The summed E-state index contributed by atoms with van der Waals surface area (Å²) in [6.45, 7) is 0. The summed E-state index contributed by atoms with van der Waals surface area (Å²) in [5.74, 6) is 0.239. The topological polar surface area (TPSA) is 48.9 Å². The lowest BCUT2D eigenvalue weighted by atomic mass is 10.2. The van der Waals surface area contributed by atoms with Crippen LogP contribution in [0, 0.1) is 0 Å². The third-order valence-electron chi connectivity index (χ3n) is 2.40. The van der Waals surface area contributed by atoms with Crippen LogP contribution in [0.15, 0.2) is 30.5 Å². The van der Waals surface area contributed by atoms with Gasteiger partial charge in [-0.3, -0.25) is 0 Å². The van der Waals surface area contributed by atoms with Crippen LogP contribution in [0.2, 0.25) is 5.02 Å². The third kappa shape index (κ3) is 1.24. The van der Waals surface area contributed by atoms with E-state index in [9.17, 15) is 5.11 Å². The fourth-order valence-electron chi connectivity index (χ4n) is 1.74. The Morgan fingerprint density at radius 2 is 2.07 bits per heavy atom. The number of nitrogens with one attached hydrogen (secondary N) is 1. The molecule has 74 valence electrons. The molecule has 1 aromatic carbocycles. The molecule has 2 N–H and O–H groups in total. The molecule has 0 aliphatic heterocycles. The van der Waals surface area contributed by atoms with E-state index in [0.29, 0.717) is 5.02 Å². The van der Waals surface area contributed by atoms with E-state index in [1.165, 1.54) is 0 Å². The van der Waals surface area contributed by atoms with Crippen molar-refractivity contribution < 1.29 is 5.11 Å². The van der Waals surface area contributed by atoms with Crippen LogP contribution in [-0.4, -0.2) is 15.1 Å². The Morgan fingerprint density at radius 3 is 2.93 bits per heavy atom. The average molecular weight is 219 g/mol. The van der Waals surface area contributed by atoms with E-state index in [1.807, 2.05) is 12.1 Å². The smallest absolute Gasteiger partial charge is 0.138 e. The molecular weight excluding hydrogens is 212 g/mol. The number of halogens is 1. The van der Waals surface area contributed by atoms with Gasteiger partial charge in [0.05, 0.1) is 5.02 Å². The normalized spacial score (nSPS) is 11.3. The number of phenols is 1. The molecule has 3 aromatic rings. The number of benzene rings is 1. The first-order valence-electron chi connectivity index (χ1n) is 4.50. The second-order valence-electron chi connectivity index (χ2n) is 3.40. The van der Waals surface area contributed by atoms with Gasteiger partial charge in [-0.15, -0.1) is 0 Å². The highest BCUT2D eigenvalue weighted by molar-refractivity contribution is 6.31. The highest BCUT2D eigenvalue weighted by Crippen LogP contribution is 2.28. The molecule has 0 radical (unpaired) electrons. The molecule has 0 saturated carbocycles. The van der Waals surface area contributed by atoms with Crippen molar-refractivity contribution in [3.63, 3.8) is 0 Å². The van der Waals surface area contributed by atoms with Crippen LogP contribution in [0.3, 0.4) is 0 Å². The van der Waals surface area contributed by atoms with Crippen LogP contribution in [0.1, 0.15) is 0 Å². The van der Waals surface area contributed by atoms with Crippen LogP contribution in [0.4, 0.5) is 0 Å². The molecule has 0 fully saturated rings. The summed E-state index contributed by atoms with van der Waals surface area (Å²) >= 11 is 5.88. The zero-order valence-corrected chi connectivity index (χ0v) is 8.42. The predicted octanol–water partition coefficient (Wildman–Crippen LogP) is 3.08. The number of aromatic amines is 1. The summed E-state index contributed by atoms with van der Waals surface area (Å²) in [6, 6.07) is 6.99. The van der Waals surface area contributed by atoms with Crippen LogP contribution in [0.5, 0.6) is 5.75 Å². The van der Waals surface area contributed by atoms with Crippen LogP contribution in [-0.2, 0) is 0 Å². The van der Waals surface area contributed by atoms with E-state index in [0.717, 1.165) is 21.9 Å². The van der Waals surface area contributed by atoms with Crippen molar-refractivity contribution in [2.45, 2.75) is 0 Å². The molecule has 0 amide bonds. The minimum absolute atomic E-state index is 0.239. The Hall–Kier alpha value is -1.74. The molecule has 0 atom stereocenters. The van der Waals surface area contributed by atoms with Crippen molar-refractivity contribution in [3.05, 3.63) is 35.5 Å². The Bertz CT molecular complexity index is 604. The fraction of sp³-hybridized carbons (Fsp3) is 0. The number of aromatic hydroxyl groups is 1. The summed E-state index contributed by atoms with van der Waals surface area (Å²) in [5.41, 5.74) is 1.72. The van der Waals surface area contributed by atoms with Crippen molar-refractivity contribution >= 4 is 33.5 Å². The van der Waals surface area contributed by atoms with Gasteiger partial charge in [0.15, 0.2) is 0 Å². The van der Waals surface area contributed by atoms with Gasteiger partial charge in [0.25, 0.3) is 0 Å². The van der Waals surface area contributed by atoms with Gasteiger partial charge in [0, 0.05) is 22.5 Å². The van der Waals surface area contributed by atoms with E-state index in [4.69, 9.17) is 11.6 Å². The summed E-state index contributed by atoms with van der Waals surface area (Å²) in [7, 11) is 0. The van der Waals surface area contributed by atoms with E-state index < -0.39 is 0 Å². The fourth-order valence-corrected chi connectivity index (χ4v) is 1.89. The summed E-state index contributed by atoms with van der Waals surface area (Å²) in [6.07, 6.45) is 1.60. The number of nitrogens with zero attached hydrogens (tertiary/aromatic N) is 1. The molecule has 0 saturated heterocycles. The van der Waals surface area contributed by atoms with Gasteiger partial charge in [0.1, 0.15) is 11.4 Å². The number of fused-ring (bicyclic) bond motifs is 3. The number of pyridine rings is 1. The molecule has 3 rings (SSSR count). The highest BCUT2D eigenvalue weighted by Gasteiger charge is 2.06. The summed E-state index contributed by atoms with van der Waals surface area (Å²) in [5, 5.41) is 11.9. The molecule has 0 spiro atoms. The van der Waals surface area contributed by atoms with Crippen molar-refractivity contribution in [3.8, 4) is 5.75 Å². The Labute approximate surface area is 90.3 Å². The minimum Gasteiger partial charge on any atom is -0.508 e. The lowest BCUT2D eigenvalue weighted by Gasteiger charge is -1.92. The van der Waals surface area contributed by atoms with Gasteiger partial charge in [-0.05, 0) is 24.3 Å². The molecular formula is C11H7ClN2O. The SMILES string of the molecule is Oc1ccc2[nH]c3ncc(Cl)cc3c2c1. The van der Waals surface area contributed by atoms with Crippen molar-refractivity contribution in [2.24, 2.45) is 0 Å². The Kier molecular flexibility index (Phi) is 1.64. The van der Waals surface area contributed by atoms with E-state index in [-0.39, 0.29) is 5.75 Å². The zero-order valence-electron chi connectivity index (χ0n) is 7.66. The van der Waals surface area contributed by atoms with Crippen molar-refractivity contribution in [1.29, 1.82) is 0 Å². The van der Waals surface area contributed by atoms with Gasteiger partial charge in [-0.25, -0.2) is 4.98 Å². The first-order valence-corrected chi connectivity index (χ1v) is 4.88. The maximum atomic E-state index is 9.41. The van der Waals surface area contributed by atoms with Crippen LogP contribution >= 0.6 is 11.6 Å². The third-order valence-corrected chi connectivity index (χ3v) is 2.61. The largest absolute Gasteiger partial charge is 0.508 e. The maximum absolute atomic E-state index is 9.41. The monoisotopic (exact) mass is 218 g/mol. The predicted molar refractivity (Wildman–Crippen MR) is 60.3 cm³/mol. The molecule has 0 aliphatic carbocycles. The second-order valence-corrected chi connectivity index (χ2v) is 3.84. The lowest BCUT2D eigenvalue weighted by molar-refractivity contribution is 0.476. The summed E-state index contributed by atoms with van der Waals surface area (Å²) < 4.78 is 0. The number of H-pyrrole nitrogens is 1. The van der Waals surface area contributed by atoms with E-state index in [2.05, 4.69) is 9.97 Å². The molecule has 2 aromatic heterocycles. The minimum atomic E-state index is 0.239. The molecule has 0 unspecified atom stereocenters. The number of phenolic OH excluding ortho intramolecular Hbond substituents is 1. The molecule has 0 bridgehead atoms. The number of aromatic nitrogens is 2. The first-order chi connectivity index (χ1) is 7.24. The standard InChI is InChI=1S/C11H7ClN2O/c12-6-3-9-8-4-7(15)1-2-10(8)14-11(9)13-5-6/h1-5,15H,(H,13,14). The second kappa shape index (κ2) is 2.87. The van der Waals surface area contributed by atoms with Crippen LogP contribution in [0.25, 0.3) is 21.9 Å². The lowest BCUT2D eigenvalue weighted by Crippen LogP contribution is -1.74. The van der Waals surface area contributed by atoms with Crippen molar-refractivity contribution in [1.82, 2.24) is 9.97 Å². The van der Waals surface area contributed by atoms with E-state index in [1.54, 1.807) is 18.3 Å². The van der Waals surface area contributed by atoms with Crippen LogP contribution < -0.4 is 0 Å². The van der Waals surface area contributed by atoms with Gasteiger partial charge in [-0.2, -0.15) is 0 Å². The molecule has 0 aliphatic rings. The zero-order chi connectivity index (χ0) is 10.4. The molecule has 15 heavy (non-hydrogen) atoms. The maximum Gasteiger partial charge on any atom is 0.138 e. The number of rotatable bonds is 0. The average Bonchev–Trinajstić information content (AvgIpc) is 2.56. The summed E-state index contributed by atoms with van der Waals surface area (Å²) in [4.78, 5) is 7.33. The number of hydrogen-bond donors (Lipinski definition) is 2. The van der Waals surface area contributed by atoms with Gasteiger partial charge < -0.3 is 10.1 Å². The van der Waals surface area contributed by atoms with Gasteiger partial charge in [0.2, 0.25) is 0 Å². The molecule has 2 heterocycles. The van der Waals surface area contributed by atoms with E-state index >= 15 is 0 Å². The number of hydrogen-bond acceptors (Lipinski definition) is 2. The Balaban J connectivity index is 2.55. The molecule has 3 nitrogen and oxygen atoms in total. The first kappa shape index (κ1) is 8.56. The highest BCUT2D eigenvalue weighted by atomic mass is 35.5. The Morgan fingerprint density at radius 1 is 1.20 bits per heavy atom. The quantitative estimate of drug-likeness (QED) is 0.609. The molecule has 4 heteroatoms. The van der Waals surface area contributed by atoms with Crippen molar-refractivity contribution in [2.75, 3.05) is 0 Å².